The molecule has 1 fully saturated rings. The summed E-state index contributed by atoms with van der Waals surface area (Å²) in [5, 5.41) is 11.7. The number of rotatable bonds is 4. The smallest absolute Gasteiger partial charge is 0.264 e. The topological polar surface area (TPSA) is 74.2 Å². The van der Waals surface area contributed by atoms with Gasteiger partial charge in [-0.3, -0.25) is 9.78 Å². The summed E-state index contributed by atoms with van der Waals surface area (Å²) in [5.41, 5.74) is 0.861. The van der Waals surface area contributed by atoms with Gasteiger partial charge >= 0.3 is 0 Å². The van der Waals surface area contributed by atoms with Crippen LogP contribution >= 0.6 is 22.9 Å². The summed E-state index contributed by atoms with van der Waals surface area (Å²) < 4.78 is 0.632. The van der Waals surface area contributed by atoms with E-state index in [1.54, 1.807) is 24.5 Å². The maximum atomic E-state index is 12.5. The lowest BCUT2D eigenvalue weighted by Crippen LogP contribution is -2.48. The summed E-state index contributed by atoms with van der Waals surface area (Å²) in [6.45, 7) is 2.72. The molecule has 1 saturated heterocycles. The number of nitrogens with one attached hydrogen (secondary N) is 1. The Balaban J connectivity index is 1.35. The first-order valence-electron chi connectivity index (χ1n) is 8.49. The quantitative estimate of drug-likeness (QED) is 0.724. The molecule has 9 heteroatoms. The lowest BCUT2D eigenvalue weighted by molar-refractivity contribution is 0.0751. The van der Waals surface area contributed by atoms with E-state index in [2.05, 4.69) is 25.4 Å². The zero-order chi connectivity index (χ0) is 18.6. The summed E-state index contributed by atoms with van der Waals surface area (Å²) >= 11 is 7.24. The molecule has 27 heavy (non-hydrogen) atoms. The molecule has 0 bridgehead atoms. The first kappa shape index (κ1) is 17.7. The monoisotopic (exact) mass is 400 g/mol. The molecule has 0 spiro atoms. The van der Waals surface area contributed by atoms with Crippen LogP contribution < -0.4 is 10.2 Å². The number of amides is 1. The lowest BCUT2D eigenvalue weighted by atomic mass is 10.3. The Labute approximate surface area is 165 Å². The Morgan fingerprint density at radius 2 is 1.93 bits per heavy atom. The van der Waals surface area contributed by atoms with Gasteiger partial charge in [-0.15, -0.1) is 21.5 Å². The van der Waals surface area contributed by atoms with E-state index in [9.17, 15) is 4.79 Å². The van der Waals surface area contributed by atoms with Crippen LogP contribution in [-0.2, 0) is 0 Å². The molecule has 138 valence electrons. The molecule has 3 aromatic heterocycles. The van der Waals surface area contributed by atoms with Gasteiger partial charge < -0.3 is 15.1 Å². The van der Waals surface area contributed by atoms with Crippen LogP contribution in [0.5, 0.6) is 0 Å². The fourth-order valence-electron chi connectivity index (χ4n) is 2.87. The number of carbonyl (C=O) groups is 1. The van der Waals surface area contributed by atoms with Gasteiger partial charge in [0.05, 0.1) is 21.1 Å². The number of halogens is 1. The highest BCUT2D eigenvalue weighted by molar-refractivity contribution is 7.17. The zero-order valence-corrected chi connectivity index (χ0v) is 16.0. The zero-order valence-electron chi connectivity index (χ0n) is 14.4. The van der Waals surface area contributed by atoms with Gasteiger partial charge in [0.2, 0.25) is 0 Å². The van der Waals surface area contributed by atoms with E-state index >= 15 is 0 Å². The van der Waals surface area contributed by atoms with Gasteiger partial charge in [0.1, 0.15) is 0 Å². The van der Waals surface area contributed by atoms with Crippen LogP contribution in [0.3, 0.4) is 0 Å². The van der Waals surface area contributed by atoms with Crippen molar-refractivity contribution in [2.75, 3.05) is 36.4 Å². The molecule has 0 saturated carbocycles. The average molecular weight is 401 g/mol. The predicted molar refractivity (Wildman–Crippen MR) is 107 cm³/mol. The van der Waals surface area contributed by atoms with Crippen molar-refractivity contribution in [1.82, 2.24) is 20.1 Å². The lowest BCUT2D eigenvalue weighted by Gasteiger charge is -2.35. The van der Waals surface area contributed by atoms with Crippen molar-refractivity contribution in [1.29, 1.82) is 0 Å². The molecule has 1 aliphatic rings. The highest BCUT2D eigenvalue weighted by Gasteiger charge is 2.24. The van der Waals surface area contributed by atoms with Crippen molar-refractivity contribution in [3.8, 4) is 0 Å². The van der Waals surface area contributed by atoms with Gasteiger partial charge in [0, 0.05) is 32.4 Å². The Hall–Kier alpha value is -2.71. The minimum Gasteiger partial charge on any atom is -0.352 e. The number of thiophene rings is 1. The van der Waals surface area contributed by atoms with Gasteiger partial charge in [-0.05, 0) is 36.4 Å². The third kappa shape index (κ3) is 4.17. The van der Waals surface area contributed by atoms with Crippen LogP contribution in [0, 0.1) is 0 Å². The molecule has 0 radical (unpaired) electrons. The van der Waals surface area contributed by atoms with Crippen LogP contribution in [-0.4, -0.2) is 52.2 Å². The van der Waals surface area contributed by atoms with E-state index in [-0.39, 0.29) is 5.91 Å². The van der Waals surface area contributed by atoms with Crippen LogP contribution in [0.1, 0.15) is 9.67 Å². The van der Waals surface area contributed by atoms with Gasteiger partial charge in [0.25, 0.3) is 5.91 Å². The number of hydrogen-bond acceptors (Lipinski definition) is 7. The van der Waals surface area contributed by atoms with Crippen LogP contribution in [0.15, 0.2) is 48.8 Å². The highest BCUT2D eigenvalue weighted by Crippen LogP contribution is 2.24. The number of hydrogen-bond donors (Lipinski definition) is 1. The minimum atomic E-state index is 0.0358. The maximum absolute atomic E-state index is 12.5. The molecular formula is C18H17ClN6OS. The Bertz CT molecular complexity index is 909. The number of carbonyl (C=O) groups excluding carboxylic acids is 1. The van der Waals surface area contributed by atoms with E-state index in [1.807, 2.05) is 29.2 Å². The number of aromatic nitrogens is 3. The fraction of sp³-hybridized carbons (Fsp3) is 0.222. The Kier molecular flexibility index (Phi) is 5.17. The summed E-state index contributed by atoms with van der Waals surface area (Å²) in [6.07, 6.45) is 3.45. The third-order valence-electron chi connectivity index (χ3n) is 4.26. The second-order valence-corrected chi connectivity index (χ2v) is 7.74. The van der Waals surface area contributed by atoms with Gasteiger partial charge in [-0.25, -0.2) is 0 Å². The average Bonchev–Trinajstić information content (AvgIpc) is 3.15. The van der Waals surface area contributed by atoms with Crippen LogP contribution in [0.2, 0.25) is 4.34 Å². The summed E-state index contributed by atoms with van der Waals surface area (Å²) in [7, 11) is 0. The number of anilines is 3. The molecule has 0 atom stereocenters. The van der Waals surface area contributed by atoms with Crippen molar-refractivity contribution in [2.24, 2.45) is 0 Å². The second kappa shape index (κ2) is 7.89. The van der Waals surface area contributed by atoms with Crippen LogP contribution in [0.25, 0.3) is 0 Å². The van der Waals surface area contributed by atoms with Crippen molar-refractivity contribution in [3.05, 3.63) is 58.0 Å². The molecule has 0 aromatic carbocycles. The summed E-state index contributed by atoms with van der Waals surface area (Å²) in [4.78, 5) is 21.2. The van der Waals surface area contributed by atoms with Crippen molar-refractivity contribution in [3.63, 3.8) is 0 Å². The fourth-order valence-corrected chi connectivity index (χ4v) is 3.88. The number of pyridine rings is 1. The molecule has 1 aliphatic heterocycles. The summed E-state index contributed by atoms with van der Waals surface area (Å²) in [6, 6.07) is 11.1. The molecule has 0 unspecified atom stereocenters. The first-order valence-corrected chi connectivity index (χ1v) is 9.69. The third-order valence-corrected chi connectivity index (χ3v) is 5.48. The largest absolute Gasteiger partial charge is 0.352 e. The molecule has 7 nitrogen and oxygen atoms in total. The van der Waals surface area contributed by atoms with Gasteiger partial charge in [0.15, 0.2) is 11.6 Å². The molecule has 3 aromatic rings. The van der Waals surface area contributed by atoms with Crippen molar-refractivity contribution in [2.45, 2.75) is 0 Å². The van der Waals surface area contributed by atoms with E-state index < -0.39 is 0 Å². The van der Waals surface area contributed by atoms with Gasteiger partial charge in [-0.1, -0.05) is 11.6 Å². The highest BCUT2D eigenvalue weighted by atomic mass is 35.5. The maximum Gasteiger partial charge on any atom is 0.264 e. The van der Waals surface area contributed by atoms with Crippen LogP contribution in [0.4, 0.5) is 17.3 Å². The SMILES string of the molecule is O=C(c1ccc(Cl)s1)N1CCN(c2ccc(Nc3cccnc3)nn2)CC1. The molecule has 0 aliphatic carbocycles. The molecule has 1 amide bonds. The van der Waals surface area contributed by atoms with E-state index in [1.165, 1.54) is 11.3 Å². The van der Waals surface area contributed by atoms with E-state index in [0.717, 1.165) is 24.6 Å². The van der Waals surface area contributed by atoms with Gasteiger partial charge in [-0.2, -0.15) is 0 Å². The minimum absolute atomic E-state index is 0.0358. The Morgan fingerprint density at radius 3 is 2.56 bits per heavy atom. The number of nitrogens with zero attached hydrogens (tertiary/aromatic N) is 5. The normalized spacial score (nSPS) is 14.3. The first-order chi connectivity index (χ1) is 13.2. The Morgan fingerprint density at radius 1 is 1.07 bits per heavy atom. The molecule has 4 heterocycles. The standard InChI is InChI=1S/C18H17ClN6OS/c19-15-4-3-14(27-15)18(26)25-10-8-24(9-11-25)17-6-5-16(22-23-17)21-13-2-1-7-20-12-13/h1-7,12H,8-11H2,(H,21,22). The molecular weight excluding hydrogens is 384 g/mol. The second-order valence-electron chi connectivity index (χ2n) is 6.03. The molecule has 1 N–H and O–H groups in total. The predicted octanol–water partition coefficient (Wildman–Crippen LogP) is 3.29. The van der Waals surface area contributed by atoms with E-state index in [0.29, 0.717) is 28.1 Å². The van der Waals surface area contributed by atoms with Crippen molar-refractivity contribution >= 4 is 46.2 Å². The summed E-state index contributed by atoms with van der Waals surface area (Å²) in [5.74, 6) is 1.50. The van der Waals surface area contributed by atoms with E-state index in [4.69, 9.17) is 11.6 Å². The van der Waals surface area contributed by atoms with Crippen molar-refractivity contribution < 1.29 is 4.79 Å². The molecule has 4 rings (SSSR count). The number of piperazine rings is 1.